The molecule has 0 amide bonds. The van der Waals surface area contributed by atoms with Crippen molar-refractivity contribution in [2.75, 3.05) is 18.9 Å². The lowest BCUT2D eigenvalue weighted by Gasteiger charge is -2.31. The number of phenols is 1. The van der Waals surface area contributed by atoms with E-state index in [0.717, 1.165) is 48.0 Å². The molecule has 2 N–H and O–H groups in total. The molecule has 1 fully saturated rings. The lowest BCUT2D eigenvalue weighted by molar-refractivity contribution is 0.282. The van der Waals surface area contributed by atoms with Gasteiger partial charge in [0, 0.05) is 22.0 Å². The molecule has 0 unspecified atom stereocenters. The van der Waals surface area contributed by atoms with E-state index in [2.05, 4.69) is 66.1 Å². The van der Waals surface area contributed by atoms with Crippen molar-refractivity contribution >= 4 is 21.6 Å². The summed E-state index contributed by atoms with van der Waals surface area (Å²) in [7, 11) is 2.17. The van der Waals surface area contributed by atoms with Gasteiger partial charge in [0.05, 0.1) is 11.9 Å². The Morgan fingerprint density at radius 3 is 2.84 bits per heavy atom. The molecule has 0 radical (unpaired) electrons. The molecule has 0 saturated carbocycles. The average molecular weight is 405 g/mol. The van der Waals surface area contributed by atoms with E-state index in [1.54, 1.807) is 0 Å². The fraction of sp³-hybridized carbons (Fsp3) is 0.524. The number of halogens is 1. The maximum absolute atomic E-state index is 10.6. The lowest BCUT2D eigenvalue weighted by atomic mass is 9.75. The number of nitrogens with one attached hydrogen (secondary N) is 1. The van der Waals surface area contributed by atoms with Crippen molar-refractivity contribution in [2.45, 2.75) is 58.0 Å². The van der Waals surface area contributed by atoms with E-state index in [1.807, 2.05) is 12.1 Å². The SMILES string of the molecule is CC(C)=CCC/C(C)=C/C[C@@]12CCN(C)[C@@H]1Nc1c(Br)ccc(O)c12. The molecule has 2 aliphatic rings. The largest absolute Gasteiger partial charge is 0.508 e. The molecule has 1 aromatic carbocycles. The van der Waals surface area contributed by atoms with Gasteiger partial charge in [0.1, 0.15) is 5.75 Å². The number of phenolic OH excluding ortho intramolecular Hbond substituents is 1. The summed E-state index contributed by atoms with van der Waals surface area (Å²) in [5.74, 6) is 0.416. The van der Waals surface area contributed by atoms with Crippen molar-refractivity contribution in [1.29, 1.82) is 0 Å². The van der Waals surface area contributed by atoms with Gasteiger partial charge in [-0.1, -0.05) is 23.3 Å². The second-order valence-electron chi connectivity index (χ2n) is 7.82. The summed E-state index contributed by atoms with van der Waals surface area (Å²) in [6.45, 7) is 7.58. The topological polar surface area (TPSA) is 35.5 Å². The van der Waals surface area contributed by atoms with Crippen LogP contribution in [0.3, 0.4) is 0 Å². The van der Waals surface area contributed by atoms with Crippen LogP contribution < -0.4 is 5.32 Å². The van der Waals surface area contributed by atoms with Gasteiger partial charge in [0.2, 0.25) is 0 Å². The number of aromatic hydroxyl groups is 1. The Bertz CT molecular complexity index is 721. The number of hydrogen-bond donors (Lipinski definition) is 2. The Hall–Kier alpha value is -1.26. The highest BCUT2D eigenvalue weighted by molar-refractivity contribution is 9.10. The molecular formula is C21H29BrN2O. The summed E-state index contributed by atoms with van der Waals surface area (Å²) in [5.41, 5.74) is 4.92. The summed E-state index contributed by atoms with van der Waals surface area (Å²) < 4.78 is 1.03. The minimum absolute atomic E-state index is 0.0459. The zero-order valence-corrected chi connectivity index (χ0v) is 17.3. The molecule has 2 heterocycles. The molecule has 2 atom stereocenters. The van der Waals surface area contributed by atoms with Crippen LogP contribution in [0.1, 0.15) is 52.0 Å². The molecular weight excluding hydrogens is 376 g/mol. The standard InChI is InChI=1S/C21H29BrN2O/c1-14(2)6-5-7-15(3)10-11-21-12-13-24(4)20(21)23-19-16(22)8-9-17(25)18(19)21/h6,8-10,20,23,25H,5,7,11-13H2,1-4H3/b15-10+/t20-,21-/m0/s1. The molecule has 0 aliphatic carbocycles. The highest BCUT2D eigenvalue weighted by Crippen LogP contribution is 2.55. The maximum atomic E-state index is 10.6. The van der Waals surface area contributed by atoms with Crippen LogP contribution in [0.4, 0.5) is 5.69 Å². The van der Waals surface area contributed by atoms with Crippen molar-refractivity contribution in [2.24, 2.45) is 0 Å². The summed E-state index contributed by atoms with van der Waals surface area (Å²) >= 11 is 3.65. The fourth-order valence-electron chi connectivity index (χ4n) is 4.28. The summed E-state index contributed by atoms with van der Waals surface area (Å²) in [6.07, 6.45) is 9.18. The first-order chi connectivity index (χ1) is 11.8. The molecule has 25 heavy (non-hydrogen) atoms. The van der Waals surface area contributed by atoms with Crippen LogP contribution in [0.5, 0.6) is 5.75 Å². The molecule has 3 rings (SSSR count). The third-order valence-electron chi connectivity index (χ3n) is 5.69. The van der Waals surface area contributed by atoms with Gasteiger partial charge in [-0.2, -0.15) is 0 Å². The monoisotopic (exact) mass is 404 g/mol. The number of allylic oxidation sites excluding steroid dienone is 4. The second kappa shape index (κ2) is 7.16. The van der Waals surface area contributed by atoms with Crippen molar-refractivity contribution in [3.05, 3.63) is 45.5 Å². The van der Waals surface area contributed by atoms with Gasteiger partial charge in [-0.05, 0) is 81.6 Å². The smallest absolute Gasteiger partial charge is 0.121 e. The van der Waals surface area contributed by atoms with E-state index in [9.17, 15) is 5.11 Å². The van der Waals surface area contributed by atoms with Crippen LogP contribution in [0.2, 0.25) is 0 Å². The number of fused-ring (bicyclic) bond motifs is 3. The van der Waals surface area contributed by atoms with Crippen LogP contribution >= 0.6 is 15.9 Å². The van der Waals surface area contributed by atoms with Gasteiger partial charge < -0.3 is 10.4 Å². The maximum Gasteiger partial charge on any atom is 0.121 e. The van der Waals surface area contributed by atoms with E-state index in [1.165, 1.54) is 11.1 Å². The normalized spacial score (nSPS) is 25.5. The van der Waals surface area contributed by atoms with Crippen molar-refractivity contribution < 1.29 is 5.11 Å². The highest BCUT2D eigenvalue weighted by atomic mass is 79.9. The van der Waals surface area contributed by atoms with Crippen LogP contribution in [0.15, 0.2) is 39.9 Å². The molecule has 4 heteroatoms. The zero-order chi connectivity index (χ0) is 18.2. The highest BCUT2D eigenvalue weighted by Gasteiger charge is 2.53. The first-order valence-electron chi connectivity index (χ1n) is 9.13. The van der Waals surface area contributed by atoms with Gasteiger partial charge in [-0.3, -0.25) is 4.90 Å². The van der Waals surface area contributed by atoms with Gasteiger partial charge in [-0.15, -0.1) is 0 Å². The van der Waals surface area contributed by atoms with Gasteiger partial charge in [0.15, 0.2) is 0 Å². The third-order valence-corrected chi connectivity index (χ3v) is 6.35. The van der Waals surface area contributed by atoms with Gasteiger partial charge in [0.25, 0.3) is 0 Å². The van der Waals surface area contributed by atoms with E-state index in [-0.39, 0.29) is 11.6 Å². The van der Waals surface area contributed by atoms with E-state index in [0.29, 0.717) is 5.75 Å². The molecule has 1 aromatic rings. The second-order valence-corrected chi connectivity index (χ2v) is 8.68. The van der Waals surface area contributed by atoms with Gasteiger partial charge in [-0.25, -0.2) is 0 Å². The van der Waals surface area contributed by atoms with Crippen molar-refractivity contribution in [1.82, 2.24) is 4.90 Å². The summed E-state index contributed by atoms with van der Waals surface area (Å²) in [5, 5.41) is 14.3. The predicted octanol–water partition coefficient (Wildman–Crippen LogP) is 5.56. The average Bonchev–Trinajstić information content (AvgIpc) is 3.05. The van der Waals surface area contributed by atoms with Crippen molar-refractivity contribution in [3.8, 4) is 5.75 Å². The molecule has 3 nitrogen and oxygen atoms in total. The first kappa shape index (κ1) is 18.5. The van der Waals surface area contributed by atoms with Gasteiger partial charge >= 0.3 is 0 Å². The minimum Gasteiger partial charge on any atom is -0.508 e. The first-order valence-corrected chi connectivity index (χ1v) is 9.92. The molecule has 2 aliphatic heterocycles. The van der Waals surface area contributed by atoms with E-state index >= 15 is 0 Å². The Kier molecular flexibility index (Phi) is 5.31. The van der Waals surface area contributed by atoms with E-state index < -0.39 is 0 Å². The minimum atomic E-state index is -0.0459. The van der Waals surface area contributed by atoms with Crippen LogP contribution in [0.25, 0.3) is 0 Å². The molecule has 1 saturated heterocycles. The fourth-order valence-corrected chi connectivity index (χ4v) is 4.73. The van der Waals surface area contributed by atoms with Crippen LogP contribution in [-0.2, 0) is 5.41 Å². The lowest BCUT2D eigenvalue weighted by Crippen LogP contribution is -2.41. The Morgan fingerprint density at radius 2 is 2.12 bits per heavy atom. The summed E-state index contributed by atoms with van der Waals surface area (Å²) in [4.78, 5) is 2.37. The predicted molar refractivity (Wildman–Crippen MR) is 109 cm³/mol. The molecule has 136 valence electrons. The molecule has 0 bridgehead atoms. The summed E-state index contributed by atoms with van der Waals surface area (Å²) in [6, 6.07) is 3.74. The number of nitrogens with zero attached hydrogens (tertiary/aromatic N) is 1. The number of likely N-dealkylation sites (tertiary alicyclic amines) is 1. The van der Waals surface area contributed by atoms with Crippen LogP contribution in [-0.4, -0.2) is 29.8 Å². The zero-order valence-electron chi connectivity index (χ0n) is 15.7. The Morgan fingerprint density at radius 1 is 1.36 bits per heavy atom. The van der Waals surface area contributed by atoms with Crippen molar-refractivity contribution in [3.63, 3.8) is 0 Å². The third kappa shape index (κ3) is 3.39. The number of anilines is 1. The quantitative estimate of drug-likeness (QED) is 0.630. The number of benzene rings is 1. The number of rotatable bonds is 5. The Labute approximate surface area is 159 Å². The molecule has 0 spiro atoms. The Balaban J connectivity index is 1.88. The molecule has 0 aromatic heterocycles. The number of hydrogen-bond acceptors (Lipinski definition) is 3. The van der Waals surface area contributed by atoms with Crippen LogP contribution in [0, 0.1) is 0 Å². The van der Waals surface area contributed by atoms with E-state index in [4.69, 9.17) is 0 Å². The number of likely N-dealkylation sites (N-methyl/N-ethyl adjacent to an activating group) is 1.